The number of nitrogens with one attached hydrogen (secondary N) is 3. The topological polar surface area (TPSA) is 469 Å². The SMILES string of the molecule is C#CC(C#C)(C(=O)C(F)(F)F)C(C)(C)C.C#CC(C#C)(C(=O)C(F)(F)F)C(C)(C)C(=O)NS.C#CC(C#C)(C(=O)C(F)(F)F)C(C)(C)C(=O)O.C#CC(N)(C#C)C(=O)O.CC(C)(C)C(C)(C)CN=[N+]=[N-].CC(C)(C)C(C)(C)N.CC(C)(N)C(=O)O.CN.O=C(CC(=O)C(F)(F)F)NS.[N-]=[N+]=NCC(=O)NS. The zero-order chi connectivity index (χ0) is 88.5. The van der Waals surface area contributed by atoms with Gasteiger partial charge in [-0.15, -0.1) is 51.4 Å². The van der Waals surface area contributed by atoms with Crippen molar-refractivity contribution in [2.45, 2.75) is 179 Å². The average Bonchev–Trinajstić information content (AvgIpc) is 0.763. The molecule has 0 aromatic rings. The van der Waals surface area contributed by atoms with E-state index in [2.05, 4.69) is 120 Å². The Morgan fingerprint density at radius 1 is 0.415 bits per heavy atom. The number of Topliss-reactive ketones (excluding diaryl/α,β-unsaturated/α-hetero) is 4. The Bertz CT molecular complexity index is 3400. The van der Waals surface area contributed by atoms with Crippen molar-refractivity contribution in [3.63, 3.8) is 0 Å². The number of nitrogens with two attached hydrogens (primary N) is 4. The van der Waals surface area contributed by atoms with Crippen molar-refractivity contribution in [3.05, 3.63) is 20.9 Å². The number of nitrogens with zero attached hydrogens (tertiary/aromatic N) is 6. The molecule has 0 radical (unpaired) electrons. The average molecular weight is 1590 g/mol. The van der Waals surface area contributed by atoms with Crippen LogP contribution in [0.2, 0.25) is 0 Å². The van der Waals surface area contributed by atoms with E-state index >= 15 is 0 Å². The molecule has 0 spiro atoms. The third kappa shape index (κ3) is 39.7. The molecule has 0 heterocycles. The van der Waals surface area contributed by atoms with E-state index in [1.807, 2.05) is 23.3 Å². The number of rotatable bonds is 15. The molecule has 0 fully saturated rings. The van der Waals surface area contributed by atoms with Crippen LogP contribution in [0.15, 0.2) is 10.2 Å². The maximum Gasteiger partial charge on any atom is 0.452 e. The number of azide groups is 2. The van der Waals surface area contributed by atoms with Gasteiger partial charge in [-0.2, -0.15) is 52.7 Å². The maximum atomic E-state index is 12.5. The normalized spacial score (nSPS) is 11.5. The lowest BCUT2D eigenvalue weighted by molar-refractivity contribution is -0.184. The van der Waals surface area contributed by atoms with E-state index in [-0.39, 0.29) is 28.3 Å². The molecule has 41 heteroatoms. The first kappa shape index (κ1) is 118. The van der Waals surface area contributed by atoms with Crippen LogP contribution in [0.4, 0.5) is 52.7 Å². The van der Waals surface area contributed by atoms with Crippen molar-refractivity contribution in [1.82, 2.24) is 14.2 Å². The Labute approximate surface area is 625 Å². The third-order valence-corrected chi connectivity index (χ3v) is 15.0. The van der Waals surface area contributed by atoms with Gasteiger partial charge in [0.25, 0.3) is 17.3 Å². The first-order valence-electron chi connectivity index (χ1n) is 28.5. The Balaban J connectivity index is -0.000000124. The van der Waals surface area contributed by atoms with Gasteiger partial charge in [0.1, 0.15) is 12.1 Å². The van der Waals surface area contributed by atoms with E-state index in [0.29, 0.717) is 6.54 Å². The summed E-state index contributed by atoms with van der Waals surface area (Å²) < 4.78 is 151. The van der Waals surface area contributed by atoms with Gasteiger partial charge in [0.05, 0.1) is 17.3 Å². The summed E-state index contributed by atoms with van der Waals surface area (Å²) in [5, 5.41) is 31.7. The summed E-state index contributed by atoms with van der Waals surface area (Å²) in [4.78, 5) is 112. The second kappa shape index (κ2) is 47.3. The predicted octanol–water partition coefficient (Wildman–Crippen LogP) is 9.54. The van der Waals surface area contributed by atoms with Crippen molar-refractivity contribution >= 4 is 97.2 Å². The molecular weight excluding hydrogens is 1490 g/mol. The number of carboxylic acid groups (broad SMARTS) is 3. The Morgan fingerprint density at radius 2 is 0.689 bits per heavy atom. The van der Waals surface area contributed by atoms with Crippen molar-refractivity contribution in [3.8, 4) is 98.8 Å². The monoisotopic (exact) mass is 1590 g/mol. The van der Waals surface area contributed by atoms with Crippen LogP contribution in [0.3, 0.4) is 0 Å². The zero-order valence-electron chi connectivity index (χ0n) is 61.5. The Hall–Kier alpha value is -9.35. The number of hydrogen-bond donors (Lipinski definition) is 13. The largest absolute Gasteiger partial charge is 0.481 e. The van der Waals surface area contributed by atoms with Crippen LogP contribution in [0.25, 0.3) is 20.9 Å². The van der Waals surface area contributed by atoms with E-state index in [1.165, 1.54) is 53.5 Å². The van der Waals surface area contributed by atoms with E-state index in [1.54, 1.807) is 40.2 Å². The van der Waals surface area contributed by atoms with Crippen LogP contribution < -0.4 is 37.1 Å². The Morgan fingerprint density at radius 3 is 0.840 bits per heavy atom. The number of hydrogen-bond acceptors (Lipinski definition) is 19. The lowest BCUT2D eigenvalue weighted by Gasteiger charge is -2.37. The summed E-state index contributed by atoms with van der Waals surface area (Å²) in [6.45, 7) is 32.5. The molecule has 0 unspecified atom stereocenters. The minimum absolute atomic E-state index is 0.0625. The highest BCUT2D eigenvalue weighted by Crippen LogP contribution is 2.46. The quantitative estimate of drug-likeness (QED) is 0.0138. The number of ketones is 4. The minimum Gasteiger partial charge on any atom is -0.481 e. The second-order valence-corrected chi connectivity index (χ2v) is 27.0. The minimum atomic E-state index is -5.30. The van der Waals surface area contributed by atoms with Crippen LogP contribution in [-0.2, 0) is 47.9 Å². The lowest BCUT2D eigenvalue weighted by Crippen LogP contribution is -2.54. The number of carbonyl (C=O) groups excluding carboxylic acids is 7. The number of alkyl halides is 12. The standard InChI is InChI=1S/C11H10F3NO2S.C11H9F3O3.C11H11F3O.C8H17N3.C7H17N.C6H5NO2.C4H4F3NO2S.C4H9NO2.C2H4N4OS.CH5N/c1-5-10(6-2,7(16)11(12,13)14)9(3,4)8(17)15-18;1-5-10(6-2,7(15)11(12,13)14)9(3,4)8(16)17;1-6-10(7-2,9(3,4)5)8(15)11(12,13)14;1-7(2,3)8(4,5)6-10-11-9;1-6(2,3)7(4,5)8;1-3-6(7,4-2)5(8)9;5-4(6,7)2(9)1-3(10)8-11;1-4(2,5)3(6)7;3-6-4-1-2(7)5-8;1-2/h1-2,18H,3-4H3,(H,15,17);1-2H,3-4H3,(H,16,17);1-2H,3-5H3;6H2,1-5H3;8H2,1-5H3;1-2H,7H2,(H,8,9);11H,1H2,(H,8,10);5H2,1-2H3,(H,6,7);8H,1H2,(H,5,7);2H2,1H3. The van der Waals surface area contributed by atoms with Crippen LogP contribution in [0.1, 0.15) is 138 Å². The van der Waals surface area contributed by atoms with Gasteiger partial charge in [-0.3, -0.25) is 48.9 Å². The maximum absolute atomic E-state index is 12.5. The third-order valence-electron chi connectivity index (χ3n) is 14.3. The smallest absolute Gasteiger partial charge is 0.452 e. The van der Waals surface area contributed by atoms with Gasteiger partial charge in [0.2, 0.25) is 29.0 Å². The van der Waals surface area contributed by atoms with E-state index in [9.17, 15) is 101 Å². The number of aliphatic carboxylic acids is 3. The van der Waals surface area contributed by atoms with Gasteiger partial charge in [-0.1, -0.05) is 172 Å². The second-order valence-electron chi connectivity index (χ2n) is 26.3. The number of carbonyl (C=O) groups is 10. The molecule has 0 bridgehead atoms. The van der Waals surface area contributed by atoms with Gasteiger partial charge in [-0.25, -0.2) is 4.79 Å². The molecule has 0 rings (SSSR count). The highest BCUT2D eigenvalue weighted by molar-refractivity contribution is 7.79. The molecule has 0 aliphatic carbocycles. The molecule has 0 atom stereocenters. The molecule has 26 nitrogen and oxygen atoms in total. The molecule has 0 aromatic heterocycles. The van der Waals surface area contributed by atoms with Crippen LogP contribution in [0.5, 0.6) is 0 Å². The van der Waals surface area contributed by atoms with E-state index in [0.717, 1.165) is 27.7 Å². The van der Waals surface area contributed by atoms with E-state index in [4.69, 9.17) is 95.0 Å². The molecule has 106 heavy (non-hydrogen) atoms. The van der Waals surface area contributed by atoms with Gasteiger partial charge < -0.3 is 46.7 Å². The van der Waals surface area contributed by atoms with Crippen molar-refractivity contribution < 1.29 is 116 Å². The van der Waals surface area contributed by atoms with Gasteiger partial charge in [0.15, 0.2) is 16.2 Å². The molecule has 14 N–H and O–H groups in total. The highest BCUT2D eigenvalue weighted by atomic mass is 32.1. The lowest BCUT2D eigenvalue weighted by atomic mass is 9.63. The summed E-state index contributed by atoms with van der Waals surface area (Å²) in [5.41, 5.74) is 20.4. The number of terminal acetylenes is 8. The van der Waals surface area contributed by atoms with Gasteiger partial charge in [0, 0.05) is 21.9 Å². The number of amides is 3. The number of carboxylic acids is 3. The summed E-state index contributed by atoms with van der Waals surface area (Å²) in [7, 11) is 1.50. The molecule has 0 saturated heterocycles. The van der Waals surface area contributed by atoms with Gasteiger partial charge >= 0.3 is 42.6 Å². The fraction of sp³-hybridized carbons (Fsp3) is 0.600. The van der Waals surface area contributed by atoms with Crippen LogP contribution in [0, 0.1) is 147 Å². The summed E-state index contributed by atoms with van der Waals surface area (Å²) in [5.74, 6) is -2.01. The molecule has 596 valence electrons. The molecular formula is C65H91F12N13O13S3. The van der Waals surface area contributed by atoms with Gasteiger partial charge in [-0.05, 0) is 95.2 Å². The molecule has 0 aromatic carbocycles. The molecule has 0 saturated carbocycles. The van der Waals surface area contributed by atoms with Crippen LogP contribution >= 0.6 is 38.4 Å². The number of halogens is 12. The molecule has 0 aliphatic heterocycles. The highest BCUT2D eigenvalue weighted by Gasteiger charge is 2.63. The van der Waals surface area contributed by atoms with Crippen LogP contribution in [-0.4, -0.2) is 136 Å². The Kier molecular flexibility index (Phi) is 52.5. The van der Waals surface area contributed by atoms with Crippen molar-refractivity contribution in [1.29, 1.82) is 0 Å². The summed E-state index contributed by atoms with van der Waals surface area (Å²) in [6.07, 6.45) is 17.4. The molecule has 0 aliphatic rings. The fourth-order valence-electron chi connectivity index (χ4n) is 4.72. The van der Waals surface area contributed by atoms with Crippen molar-refractivity contribution in [2.24, 2.45) is 81.9 Å². The first-order chi connectivity index (χ1) is 46.8. The van der Waals surface area contributed by atoms with E-state index < -0.39 is 133 Å². The summed E-state index contributed by atoms with van der Waals surface area (Å²) >= 11 is 10.0. The first-order valence-corrected chi connectivity index (χ1v) is 29.8. The zero-order valence-corrected chi connectivity index (χ0v) is 64.2. The van der Waals surface area contributed by atoms with Crippen molar-refractivity contribution in [2.75, 3.05) is 20.1 Å². The fourth-order valence-corrected chi connectivity index (χ4v) is 5.15. The summed E-state index contributed by atoms with van der Waals surface area (Å²) in [6, 6.07) is 0. The molecule has 3 amide bonds. The number of thiol groups is 3. The predicted molar refractivity (Wildman–Crippen MR) is 382 cm³/mol.